The van der Waals surface area contributed by atoms with Gasteiger partial charge in [0.05, 0.1) is 0 Å². The van der Waals surface area contributed by atoms with Gasteiger partial charge in [0, 0.05) is 35.3 Å². The van der Waals surface area contributed by atoms with Crippen molar-refractivity contribution in [2.75, 3.05) is 11.5 Å². The van der Waals surface area contributed by atoms with Crippen molar-refractivity contribution in [3.05, 3.63) is 63.5 Å². The van der Waals surface area contributed by atoms with Crippen molar-refractivity contribution in [2.45, 2.75) is 18.7 Å². The van der Waals surface area contributed by atoms with E-state index in [9.17, 15) is 4.79 Å². The van der Waals surface area contributed by atoms with E-state index < -0.39 is 0 Å². The Morgan fingerprint density at radius 3 is 2.80 bits per heavy atom. The molecule has 20 heavy (non-hydrogen) atoms. The predicted molar refractivity (Wildman–Crippen MR) is 87.3 cm³/mol. The Hall–Kier alpha value is -1.39. The predicted octanol–water partition coefficient (Wildman–Crippen LogP) is 3.41. The van der Waals surface area contributed by atoms with Crippen molar-refractivity contribution in [1.82, 2.24) is 4.57 Å². The summed E-state index contributed by atoms with van der Waals surface area (Å²) in [4.78, 5) is 11.6. The molecule has 2 aromatic rings. The first-order valence-electron chi connectivity index (χ1n) is 6.44. The maximum Gasteiger partial charge on any atom is 0.250 e. The summed E-state index contributed by atoms with van der Waals surface area (Å²) in [6, 6.07) is 11.0. The Morgan fingerprint density at radius 2 is 2.00 bits per heavy atom. The minimum Gasteiger partial charge on any atom is -0.398 e. The maximum absolute atomic E-state index is 11.6. The fourth-order valence-corrected chi connectivity index (χ4v) is 3.09. The number of nitrogens with zero attached hydrogens (tertiary/aromatic N) is 1. The first-order chi connectivity index (χ1) is 9.66. The van der Waals surface area contributed by atoms with E-state index in [-0.39, 0.29) is 5.56 Å². The summed E-state index contributed by atoms with van der Waals surface area (Å²) >= 11 is 7.92. The molecule has 2 rings (SSSR count). The minimum atomic E-state index is -0.00435. The summed E-state index contributed by atoms with van der Waals surface area (Å²) in [7, 11) is 0. The van der Waals surface area contributed by atoms with Crippen molar-refractivity contribution in [2.24, 2.45) is 0 Å². The number of rotatable bonds is 6. The van der Waals surface area contributed by atoms with Gasteiger partial charge in [-0.3, -0.25) is 4.79 Å². The lowest BCUT2D eigenvalue weighted by Crippen LogP contribution is -2.19. The zero-order valence-corrected chi connectivity index (χ0v) is 12.7. The molecule has 0 saturated heterocycles. The molecule has 1 aromatic carbocycles. The number of pyridine rings is 1. The second kappa shape index (κ2) is 7.41. The summed E-state index contributed by atoms with van der Waals surface area (Å²) in [6.45, 7) is 0.694. The Balaban J connectivity index is 1.76. The van der Waals surface area contributed by atoms with Crippen LogP contribution in [0.25, 0.3) is 0 Å². The number of nitrogens with two attached hydrogens (primary N) is 1. The summed E-state index contributed by atoms with van der Waals surface area (Å²) in [5.41, 5.74) is 7.44. The average molecular weight is 309 g/mol. The zero-order chi connectivity index (χ0) is 14.4. The fraction of sp³-hybridized carbons (Fsp3) is 0.267. The molecule has 0 aliphatic heterocycles. The molecule has 2 N–H and O–H groups in total. The van der Waals surface area contributed by atoms with Crippen LogP contribution in [0.4, 0.5) is 5.69 Å². The molecular formula is C15H17ClN2OS. The lowest BCUT2D eigenvalue weighted by Gasteiger charge is -2.07. The van der Waals surface area contributed by atoms with E-state index in [0.29, 0.717) is 12.2 Å². The van der Waals surface area contributed by atoms with Crippen LogP contribution in [0.5, 0.6) is 0 Å². The second-order valence-electron chi connectivity index (χ2n) is 4.49. The van der Waals surface area contributed by atoms with Gasteiger partial charge in [-0.1, -0.05) is 29.8 Å². The van der Waals surface area contributed by atoms with Crippen LogP contribution in [0.15, 0.2) is 47.4 Å². The van der Waals surface area contributed by atoms with Crippen LogP contribution < -0.4 is 11.3 Å². The quantitative estimate of drug-likeness (QED) is 0.832. The van der Waals surface area contributed by atoms with Gasteiger partial charge in [-0.25, -0.2) is 0 Å². The molecule has 106 valence electrons. The molecule has 0 spiro atoms. The molecule has 1 aromatic heterocycles. The smallest absolute Gasteiger partial charge is 0.250 e. The first-order valence-corrected chi connectivity index (χ1v) is 7.97. The summed E-state index contributed by atoms with van der Waals surface area (Å²) in [5, 5.41) is 0.812. The van der Waals surface area contributed by atoms with Crippen LogP contribution in [0.1, 0.15) is 12.0 Å². The number of hydrogen-bond acceptors (Lipinski definition) is 3. The molecule has 0 bridgehead atoms. The molecule has 5 heteroatoms. The van der Waals surface area contributed by atoms with Gasteiger partial charge < -0.3 is 10.3 Å². The summed E-state index contributed by atoms with van der Waals surface area (Å²) in [6.07, 6.45) is 2.62. The summed E-state index contributed by atoms with van der Waals surface area (Å²) < 4.78 is 1.66. The maximum atomic E-state index is 11.6. The van der Waals surface area contributed by atoms with Crippen molar-refractivity contribution in [1.29, 1.82) is 0 Å². The molecule has 0 fully saturated rings. The van der Waals surface area contributed by atoms with E-state index in [1.165, 1.54) is 6.07 Å². The highest BCUT2D eigenvalue weighted by atomic mass is 35.5. The number of aromatic nitrogens is 1. The Bertz CT molecular complexity index is 627. The number of nitrogen functional groups attached to an aromatic ring is 1. The first kappa shape index (κ1) is 15.0. The topological polar surface area (TPSA) is 48.0 Å². The molecule has 0 aliphatic rings. The monoisotopic (exact) mass is 308 g/mol. The normalized spacial score (nSPS) is 10.7. The largest absolute Gasteiger partial charge is 0.398 e. The van der Waals surface area contributed by atoms with E-state index in [2.05, 4.69) is 0 Å². The van der Waals surface area contributed by atoms with E-state index in [1.807, 2.05) is 36.0 Å². The van der Waals surface area contributed by atoms with Crippen LogP contribution in [0, 0.1) is 0 Å². The lowest BCUT2D eigenvalue weighted by atomic mass is 10.2. The molecule has 0 unspecified atom stereocenters. The van der Waals surface area contributed by atoms with Crippen LogP contribution in [-0.4, -0.2) is 10.3 Å². The lowest BCUT2D eigenvalue weighted by molar-refractivity contribution is 0.660. The highest BCUT2D eigenvalue weighted by Gasteiger charge is 2.00. The SMILES string of the molecule is Nc1ccc(=O)n(CCCSCc2ccccc2Cl)c1. The Labute approximate surface area is 127 Å². The third-order valence-electron chi connectivity index (χ3n) is 2.91. The zero-order valence-electron chi connectivity index (χ0n) is 11.1. The number of anilines is 1. The molecule has 3 nitrogen and oxygen atoms in total. The van der Waals surface area contributed by atoms with Crippen LogP contribution >= 0.6 is 23.4 Å². The van der Waals surface area contributed by atoms with Crippen LogP contribution in [0.3, 0.4) is 0 Å². The van der Waals surface area contributed by atoms with Gasteiger partial charge in [0.1, 0.15) is 0 Å². The molecule has 0 radical (unpaired) electrons. The van der Waals surface area contributed by atoms with E-state index in [0.717, 1.165) is 28.5 Å². The van der Waals surface area contributed by atoms with E-state index >= 15 is 0 Å². The number of halogens is 1. The van der Waals surface area contributed by atoms with E-state index in [4.69, 9.17) is 17.3 Å². The number of hydrogen-bond donors (Lipinski definition) is 1. The molecule has 1 heterocycles. The molecule has 0 amide bonds. The molecule has 0 aliphatic carbocycles. The highest BCUT2D eigenvalue weighted by molar-refractivity contribution is 7.98. The van der Waals surface area contributed by atoms with Crippen LogP contribution in [0.2, 0.25) is 5.02 Å². The van der Waals surface area contributed by atoms with Gasteiger partial charge in [-0.15, -0.1) is 0 Å². The van der Waals surface area contributed by atoms with Gasteiger partial charge in [0.25, 0.3) is 5.56 Å². The average Bonchev–Trinajstić information content (AvgIpc) is 2.44. The third-order valence-corrected chi connectivity index (χ3v) is 4.37. The number of thioether (sulfide) groups is 1. The van der Waals surface area contributed by atoms with Crippen molar-refractivity contribution < 1.29 is 0 Å². The standard InChI is InChI=1S/C15H17ClN2OS/c16-14-5-2-1-4-12(14)11-20-9-3-8-18-10-13(17)6-7-15(18)19/h1-2,4-7,10H,3,8-9,11,17H2. The molecule has 0 saturated carbocycles. The van der Waals surface area contributed by atoms with Gasteiger partial charge in [0.15, 0.2) is 0 Å². The van der Waals surface area contributed by atoms with Crippen molar-refractivity contribution in [3.63, 3.8) is 0 Å². The molecule has 0 atom stereocenters. The Kier molecular flexibility index (Phi) is 5.56. The Morgan fingerprint density at radius 1 is 1.20 bits per heavy atom. The van der Waals surface area contributed by atoms with Crippen LogP contribution in [-0.2, 0) is 12.3 Å². The van der Waals surface area contributed by atoms with Gasteiger partial charge in [0.2, 0.25) is 0 Å². The van der Waals surface area contributed by atoms with E-state index in [1.54, 1.807) is 16.8 Å². The second-order valence-corrected chi connectivity index (χ2v) is 6.00. The van der Waals surface area contributed by atoms with Gasteiger partial charge in [-0.05, 0) is 29.9 Å². The fourth-order valence-electron chi connectivity index (χ4n) is 1.86. The minimum absolute atomic E-state index is 0.00435. The van der Waals surface area contributed by atoms with Gasteiger partial charge in [-0.2, -0.15) is 11.8 Å². The number of aryl methyl sites for hydroxylation is 1. The highest BCUT2D eigenvalue weighted by Crippen LogP contribution is 2.21. The third kappa shape index (κ3) is 4.32. The van der Waals surface area contributed by atoms with Crippen molar-refractivity contribution in [3.8, 4) is 0 Å². The summed E-state index contributed by atoms with van der Waals surface area (Å²) in [5.74, 6) is 1.87. The van der Waals surface area contributed by atoms with Crippen molar-refractivity contribution >= 4 is 29.1 Å². The van der Waals surface area contributed by atoms with Gasteiger partial charge >= 0.3 is 0 Å². The molecular weight excluding hydrogens is 292 g/mol. The number of benzene rings is 1.